The fraction of sp³-hybridized carbons (Fsp3) is 0.267. The van der Waals surface area contributed by atoms with E-state index in [-0.39, 0.29) is 17.6 Å². The molecule has 0 unspecified atom stereocenters. The van der Waals surface area contributed by atoms with Crippen LogP contribution in [0.4, 0.5) is 30.6 Å². The zero-order chi connectivity index (χ0) is 30.3. The van der Waals surface area contributed by atoms with Crippen molar-refractivity contribution in [1.29, 1.82) is 0 Å². The number of aryl methyl sites for hydroxylation is 1. The molecule has 42 heavy (non-hydrogen) atoms. The van der Waals surface area contributed by atoms with Crippen molar-refractivity contribution in [1.82, 2.24) is 19.9 Å². The fourth-order valence-corrected chi connectivity index (χ4v) is 4.64. The minimum atomic E-state index is -4.77. The van der Waals surface area contributed by atoms with Crippen LogP contribution in [-0.4, -0.2) is 51.5 Å². The molecule has 12 heteroatoms. The Balaban J connectivity index is 1.46. The second-order valence-electron chi connectivity index (χ2n) is 9.30. The standard InChI is InChI=1S/C30H31F3N6O2S/c1-5-39(6-2)18-20-8-7-19(3)24(15-20)36-28(40)22-11-14-26(34-16-22)37-29-35-17-25(42-4)27(38-29)21-9-12-23(13-10-21)41-30(31,32)33/h7-17H,5-6,18H2,1-4H3,(H,36,40)(H,34,35,37,38). The number of nitrogens with one attached hydrogen (secondary N) is 2. The highest BCUT2D eigenvalue weighted by molar-refractivity contribution is 7.98. The molecular formula is C30H31F3N6O2S. The Bertz CT molecular complexity index is 1510. The topological polar surface area (TPSA) is 92.3 Å². The summed E-state index contributed by atoms with van der Waals surface area (Å²) in [5.74, 6) is 0.0580. The van der Waals surface area contributed by atoms with Crippen molar-refractivity contribution in [3.05, 3.63) is 83.7 Å². The monoisotopic (exact) mass is 596 g/mol. The average molecular weight is 597 g/mol. The molecule has 0 aliphatic carbocycles. The van der Waals surface area contributed by atoms with Crippen molar-refractivity contribution in [3.8, 4) is 17.0 Å². The number of pyridine rings is 1. The van der Waals surface area contributed by atoms with E-state index in [1.54, 1.807) is 18.3 Å². The number of alkyl halides is 3. The summed E-state index contributed by atoms with van der Waals surface area (Å²) in [7, 11) is 0. The maximum atomic E-state index is 13.0. The Labute approximate surface area is 246 Å². The van der Waals surface area contributed by atoms with Gasteiger partial charge in [-0.2, -0.15) is 0 Å². The number of thioether (sulfide) groups is 1. The van der Waals surface area contributed by atoms with E-state index in [1.807, 2.05) is 25.3 Å². The molecule has 0 spiro atoms. The molecule has 0 aliphatic heterocycles. The maximum Gasteiger partial charge on any atom is 0.573 e. The maximum absolute atomic E-state index is 13.0. The number of aromatic nitrogens is 3. The van der Waals surface area contributed by atoms with E-state index in [9.17, 15) is 18.0 Å². The van der Waals surface area contributed by atoms with Crippen molar-refractivity contribution >= 4 is 35.1 Å². The quantitative estimate of drug-likeness (QED) is 0.174. The van der Waals surface area contributed by atoms with Crippen LogP contribution in [0.3, 0.4) is 0 Å². The normalized spacial score (nSPS) is 11.4. The Morgan fingerprint density at radius 2 is 1.74 bits per heavy atom. The molecule has 0 bridgehead atoms. The first-order valence-corrected chi connectivity index (χ1v) is 14.4. The molecule has 8 nitrogen and oxygen atoms in total. The highest BCUT2D eigenvalue weighted by Gasteiger charge is 2.31. The first-order valence-electron chi connectivity index (χ1n) is 13.2. The summed E-state index contributed by atoms with van der Waals surface area (Å²) >= 11 is 1.41. The number of nitrogens with zero attached hydrogens (tertiary/aromatic N) is 4. The van der Waals surface area contributed by atoms with Gasteiger partial charge in [-0.05, 0) is 79.9 Å². The van der Waals surface area contributed by atoms with Gasteiger partial charge in [0.25, 0.3) is 5.91 Å². The minimum Gasteiger partial charge on any atom is -0.406 e. The summed E-state index contributed by atoms with van der Waals surface area (Å²) < 4.78 is 41.5. The Morgan fingerprint density at radius 1 is 1.00 bits per heavy atom. The minimum absolute atomic E-state index is 0.240. The number of ether oxygens (including phenoxy) is 1. The zero-order valence-electron chi connectivity index (χ0n) is 23.6. The Hall–Kier alpha value is -4.16. The fourth-order valence-electron chi connectivity index (χ4n) is 4.12. The zero-order valence-corrected chi connectivity index (χ0v) is 24.4. The van der Waals surface area contributed by atoms with Crippen molar-refractivity contribution in [2.75, 3.05) is 30.0 Å². The van der Waals surface area contributed by atoms with Crippen LogP contribution in [0.5, 0.6) is 5.75 Å². The molecule has 0 saturated heterocycles. The first-order chi connectivity index (χ1) is 20.1. The van der Waals surface area contributed by atoms with Gasteiger partial charge in [-0.3, -0.25) is 9.69 Å². The van der Waals surface area contributed by atoms with Crippen LogP contribution in [0.25, 0.3) is 11.3 Å². The number of benzene rings is 2. The second kappa shape index (κ2) is 13.7. The number of hydrogen-bond donors (Lipinski definition) is 2. The number of amides is 1. The molecule has 2 aromatic carbocycles. The number of halogens is 3. The predicted molar refractivity (Wildman–Crippen MR) is 159 cm³/mol. The van der Waals surface area contributed by atoms with Gasteiger partial charge in [0.2, 0.25) is 5.95 Å². The summed E-state index contributed by atoms with van der Waals surface area (Å²) in [6.45, 7) is 8.88. The van der Waals surface area contributed by atoms with E-state index in [4.69, 9.17) is 0 Å². The lowest BCUT2D eigenvalue weighted by Crippen LogP contribution is -2.22. The van der Waals surface area contributed by atoms with Gasteiger partial charge in [-0.1, -0.05) is 26.0 Å². The molecule has 1 amide bonds. The van der Waals surface area contributed by atoms with Crippen LogP contribution in [-0.2, 0) is 6.54 Å². The van der Waals surface area contributed by atoms with Gasteiger partial charge in [0, 0.05) is 30.2 Å². The molecule has 4 rings (SSSR count). The number of rotatable bonds is 11. The summed E-state index contributed by atoms with van der Waals surface area (Å²) in [5, 5.41) is 6.00. The summed E-state index contributed by atoms with van der Waals surface area (Å²) in [5.41, 5.74) is 4.34. The summed E-state index contributed by atoms with van der Waals surface area (Å²) in [6, 6.07) is 14.8. The third kappa shape index (κ3) is 8.20. The van der Waals surface area contributed by atoms with Crippen molar-refractivity contribution < 1.29 is 22.7 Å². The van der Waals surface area contributed by atoms with Gasteiger partial charge in [-0.15, -0.1) is 24.9 Å². The molecule has 0 radical (unpaired) electrons. The largest absolute Gasteiger partial charge is 0.573 e. The highest BCUT2D eigenvalue weighted by Crippen LogP contribution is 2.31. The van der Waals surface area contributed by atoms with Gasteiger partial charge < -0.3 is 15.4 Å². The van der Waals surface area contributed by atoms with Gasteiger partial charge >= 0.3 is 6.36 Å². The molecule has 2 aromatic heterocycles. The van der Waals surface area contributed by atoms with Crippen LogP contribution >= 0.6 is 11.8 Å². The van der Waals surface area contributed by atoms with Crippen LogP contribution in [0.15, 0.2) is 71.9 Å². The van der Waals surface area contributed by atoms with E-state index in [2.05, 4.69) is 55.1 Å². The molecule has 0 aliphatic rings. The highest BCUT2D eigenvalue weighted by atomic mass is 32.2. The number of carbonyl (C=O) groups excluding carboxylic acids is 1. The summed E-state index contributed by atoms with van der Waals surface area (Å²) in [4.78, 5) is 29.2. The van der Waals surface area contributed by atoms with E-state index < -0.39 is 6.36 Å². The molecule has 2 N–H and O–H groups in total. The third-order valence-corrected chi connectivity index (χ3v) is 7.19. The predicted octanol–water partition coefficient (Wildman–Crippen LogP) is 7.31. The second-order valence-corrected chi connectivity index (χ2v) is 10.2. The lowest BCUT2D eigenvalue weighted by molar-refractivity contribution is -0.274. The average Bonchev–Trinajstić information content (AvgIpc) is 2.97. The van der Waals surface area contributed by atoms with Crippen LogP contribution in [0.1, 0.15) is 35.3 Å². The molecule has 0 saturated carbocycles. The van der Waals surface area contributed by atoms with E-state index in [1.165, 1.54) is 42.2 Å². The van der Waals surface area contributed by atoms with Gasteiger partial charge in [0.15, 0.2) is 0 Å². The molecule has 4 aromatic rings. The molecule has 0 atom stereocenters. The van der Waals surface area contributed by atoms with E-state index >= 15 is 0 Å². The smallest absolute Gasteiger partial charge is 0.406 e. The molecule has 220 valence electrons. The summed E-state index contributed by atoms with van der Waals surface area (Å²) in [6.07, 6.45) is 0.165. The number of carbonyl (C=O) groups is 1. The van der Waals surface area contributed by atoms with Crippen molar-refractivity contribution in [3.63, 3.8) is 0 Å². The van der Waals surface area contributed by atoms with Crippen molar-refractivity contribution in [2.45, 2.75) is 38.6 Å². The molecule has 2 heterocycles. The van der Waals surface area contributed by atoms with Crippen molar-refractivity contribution in [2.24, 2.45) is 0 Å². The third-order valence-electron chi connectivity index (χ3n) is 6.45. The Kier molecular flexibility index (Phi) is 10.0. The number of anilines is 3. The van der Waals surface area contributed by atoms with Crippen LogP contribution in [0, 0.1) is 6.92 Å². The number of hydrogen-bond acceptors (Lipinski definition) is 8. The lowest BCUT2D eigenvalue weighted by Gasteiger charge is -2.19. The van der Waals surface area contributed by atoms with E-state index in [0.717, 1.165) is 41.3 Å². The van der Waals surface area contributed by atoms with Crippen LogP contribution in [0.2, 0.25) is 0 Å². The lowest BCUT2D eigenvalue weighted by atomic mass is 10.1. The molecular weight excluding hydrogens is 565 g/mol. The van der Waals surface area contributed by atoms with Crippen LogP contribution < -0.4 is 15.4 Å². The first kappa shape index (κ1) is 30.8. The SMILES string of the molecule is CCN(CC)Cc1ccc(C)c(NC(=O)c2ccc(Nc3ncc(SC)c(-c4ccc(OC(F)(F)F)cc4)n3)nc2)c1. The molecule has 0 fully saturated rings. The van der Waals surface area contributed by atoms with Gasteiger partial charge in [0.05, 0.1) is 16.2 Å². The van der Waals surface area contributed by atoms with E-state index in [0.29, 0.717) is 22.6 Å². The van der Waals surface area contributed by atoms with Gasteiger partial charge in [0.1, 0.15) is 11.6 Å². The van der Waals surface area contributed by atoms with Gasteiger partial charge in [-0.25, -0.2) is 15.0 Å². The Morgan fingerprint density at radius 3 is 2.36 bits per heavy atom.